The Kier molecular flexibility index (Phi) is 10.9. The van der Waals surface area contributed by atoms with Crippen molar-refractivity contribution in [1.82, 2.24) is 10.2 Å². The van der Waals surface area contributed by atoms with Crippen molar-refractivity contribution in [2.75, 3.05) is 32.8 Å². The zero-order valence-electron chi connectivity index (χ0n) is 27.9. The normalized spacial score (nSPS) is 24.7. The molecule has 1 amide bonds. The van der Waals surface area contributed by atoms with E-state index < -0.39 is 24.2 Å². The van der Waals surface area contributed by atoms with Crippen molar-refractivity contribution in [1.29, 1.82) is 0 Å². The molecule has 3 aliphatic rings. The minimum atomic E-state index is -0.849. The summed E-state index contributed by atoms with van der Waals surface area (Å²) in [6.45, 7) is 9.23. The molecule has 3 heterocycles. The molecule has 0 saturated carbocycles. The highest BCUT2D eigenvalue weighted by atomic mass is 16.7. The average Bonchev–Trinajstić information content (AvgIpc) is 3.57. The molecule has 0 aliphatic carbocycles. The molecule has 48 heavy (non-hydrogen) atoms. The quantitative estimate of drug-likeness (QED) is 0.289. The van der Waals surface area contributed by atoms with Crippen molar-refractivity contribution >= 4 is 11.9 Å². The molecule has 3 aliphatic heterocycles. The van der Waals surface area contributed by atoms with Gasteiger partial charge < -0.3 is 39.0 Å². The predicted molar refractivity (Wildman–Crippen MR) is 178 cm³/mol. The van der Waals surface area contributed by atoms with E-state index in [9.17, 15) is 14.7 Å². The van der Waals surface area contributed by atoms with Gasteiger partial charge in [-0.1, -0.05) is 73.7 Å². The fraction of sp³-hybridized carbons (Fsp3) is 0.474. The second-order valence-electron chi connectivity index (χ2n) is 13.0. The molecule has 10 heteroatoms. The number of carbonyl (C=O) groups is 2. The zero-order valence-corrected chi connectivity index (χ0v) is 27.9. The maximum atomic E-state index is 12.3. The molecule has 0 bridgehead atoms. The van der Waals surface area contributed by atoms with Crippen LogP contribution in [0.4, 0.5) is 0 Å². The fourth-order valence-corrected chi connectivity index (χ4v) is 6.77. The molecule has 10 nitrogen and oxygen atoms in total. The van der Waals surface area contributed by atoms with E-state index in [1.54, 1.807) is 6.92 Å². The number of amides is 1. The first kappa shape index (κ1) is 34.2. The van der Waals surface area contributed by atoms with Crippen LogP contribution in [0.2, 0.25) is 0 Å². The van der Waals surface area contributed by atoms with Crippen LogP contribution in [-0.2, 0) is 46.4 Å². The van der Waals surface area contributed by atoms with Gasteiger partial charge in [0.25, 0.3) is 5.91 Å². The number of hydrogen-bond donors (Lipinski definition) is 2. The van der Waals surface area contributed by atoms with Gasteiger partial charge in [-0.2, -0.15) is 0 Å². The van der Waals surface area contributed by atoms with Crippen LogP contribution in [0.1, 0.15) is 68.3 Å². The largest absolute Gasteiger partial charge is 0.453 e. The Hall–Kier alpha value is -3.64. The van der Waals surface area contributed by atoms with Gasteiger partial charge in [-0.25, -0.2) is 0 Å². The van der Waals surface area contributed by atoms with Crippen LogP contribution in [0.15, 0.2) is 72.8 Å². The van der Waals surface area contributed by atoms with Crippen molar-refractivity contribution in [2.45, 2.75) is 77.2 Å². The van der Waals surface area contributed by atoms with E-state index in [4.69, 9.17) is 23.7 Å². The van der Waals surface area contributed by atoms with Crippen molar-refractivity contribution in [3.05, 3.63) is 95.1 Å². The highest BCUT2D eigenvalue weighted by Crippen LogP contribution is 2.42. The lowest BCUT2D eigenvalue weighted by molar-refractivity contribution is -0.278. The summed E-state index contributed by atoms with van der Waals surface area (Å²) in [5.41, 5.74) is 5.82. The summed E-state index contributed by atoms with van der Waals surface area (Å²) < 4.78 is 30.3. The van der Waals surface area contributed by atoms with E-state index in [1.165, 1.54) is 6.92 Å². The van der Waals surface area contributed by atoms with Gasteiger partial charge in [0.15, 0.2) is 18.2 Å². The summed E-state index contributed by atoms with van der Waals surface area (Å²) >= 11 is 0. The third kappa shape index (κ3) is 8.14. The van der Waals surface area contributed by atoms with Gasteiger partial charge >= 0.3 is 5.97 Å². The minimum absolute atomic E-state index is 0.00121. The predicted octanol–water partition coefficient (Wildman–Crippen LogP) is 5.04. The van der Waals surface area contributed by atoms with E-state index in [2.05, 4.69) is 29.3 Å². The maximum absolute atomic E-state index is 12.3. The number of piperidine rings is 1. The summed E-state index contributed by atoms with van der Waals surface area (Å²) in [6.07, 6.45) is 0.0410. The summed E-state index contributed by atoms with van der Waals surface area (Å²) in [4.78, 5) is 25.9. The van der Waals surface area contributed by atoms with Gasteiger partial charge in [-0.05, 0) is 40.8 Å². The van der Waals surface area contributed by atoms with Gasteiger partial charge in [-0.3, -0.25) is 9.59 Å². The Morgan fingerprint density at radius 3 is 2.29 bits per heavy atom. The molecule has 0 aromatic heterocycles. The van der Waals surface area contributed by atoms with Crippen LogP contribution < -0.4 is 5.32 Å². The number of benzene rings is 3. The standard InChI is InChI=1S/C38H46N2O8/c1-25-34(23-40-17-15-38(16-18-40)44-19-20-45-38)47-37(48-35(25)31-9-7-28(24-41)8-10-31)32-13-11-30(12-14-32)33-6-4-5-29(21-33)22-39-36(43)26(2)46-27(3)42/h4-14,21,25-26,34-35,37,41H,15-20,22-24H2,1-3H3,(H,39,43). The number of aliphatic hydroxyl groups is 1. The summed E-state index contributed by atoms with van der Waals surface area (Å²) in [7, 11) is 0. The fourth-order valence-electron chi connectivity index (χ4n) is 6.77. The van der Waals surface area contributed by atoms with E-state index in [-0.39, 0.29) is 30.6 Å². The van der Waals surface area contributed by atoms with Crippen LogP contribution in [0, 0.1) is 5.92 Å². The lowest BCUT2D eigenvalue weighted by Gasteiger charge is -2.44. The molecule has 3 saturated heterocycles. The number of hydrogen-bond acceptors (Lipinski definition) is 9. The van der Waals surface area contributed by atoms with Crippen LogP contribution in [0.5, 0.6) is 0 Å². The topological polar surface area (TPSA) is 116 Å². The summed E-state index contributed by atoms with van der Waals surface area (Å²) in [5, 5.41) is 12.4. The first-order chi connectivity index (χ1) is 23.2. The Bertz CT molecular complexity index is 1530. The number of esters is 1. The number of aliphatic hydroxyl groups excluding tert-OH is 1. The van der Waals surface area contributed by atoms with Crippen molar-refractivity contribution in [3.8, 4) is 11.1 Å². The molecule has 3 aromatic rings. The third-order valence-electron chi connectivity index (χ3n) is 9.61. The number of rotatable bonds is 10. The molecule has 6 rings (SSSR count). The van der Waals surface area contributed by atoms with Crippen LogP contribution >= 0.6 is 0 Å². The molecule has 3 aromatic carbocycles. The Morgan fingerprint density at radius 2 is 1.62 bits per heavy atom. The third-order valence-corrected chi connectivity index (χ3v) is 9.61. The number of ether oxygens (including phenoxy) is 5. The van der Waals surface area contributed by atoms with Crippen molar-refractivity contribution in [3.63, 3.8) is 0 Å². The van der Waals surface area contributed by atoms with Crippen LogP contribution in [0.3, 0.4) is 0 Å². The molecule has 5 atom stereocenters. The van der Waals surface area contributed by atoms with Crippen molar-refractivity contribution in [2.24, 2.45) is 5.92 Å². The highest BCUT2D eigenvalue weighted by molar-refractivity contribution is 5.82. The summed E-state index contributed by atoms with van der Waals surface area (Å²) in [6, 6.07) is 24.2. The van der Waals surface area contributed by atoms with E-state index in [1.807, 2.05) is 60.7 Å². The van der Waals surface area contributed by atoms with Gasteiger partial charge in [0.2, 0.25) is 0 Å². The first-order valence-electron chi connectivity index (χ1n) is 16.9. The van der Waals surface area contributed by atoms with E-state index >= 15 is 0 Å². The van der Waals surface area contributed by atoms with Gasteiger partial charge in [0.05, 0.1) is 32.0 Å². The van der Waals surface area contributed by atoms with Gasteiger partial charge in [0, 0.05) is 57.4 Å². The lowest BCUT2D eigenvalue weighted by Crippen LogP contribution is -2.50. The summed E-state index contributed by atoms with van der Waals surface area (Å²) in [5.74, 6) is -1.16. The Balaban J connectivity index is 1.15. The molecule has 3 fully saturated rings. The molecule has 0 radical (unpaired) electrons. The van der Waals surface area contributed by atoms with Crippen molar-refractivity contribution < 1.29 is 38.4 Å². The van der Waals surface area contributed by atoms with E-state index in [0.29, 0.717) is 19.8 Å². The zero-order chi connectivity index (χ0) is 33.7. The van der Waals surface area contributed by atoms with Crippen LogP contribution in [-0.4, -0.2) is 72.7 Å². The average molecular weight is 659 g/mol. The van der Waals surface area contributed by atoms with Gasteiger partial charge in [0.1, 0.15) is 0 Å². The molecule has 2 N–H and O–H groups in total. The van der Waals surface area contributed by atoms with E-state index in [0.717, 1.165) is 65.9 Å². The number of nitrogens with one attached hydrogen (secondary N) is 1. The molecule has 5 unspecified atom stereocenters. The molecular weight excluding hydrogens is 612 g/mol. The second kappa shape index (κ2) is 15.3. The number of nitrogens with zero attached hydrogens (tertiary/aromatic N) is 1. The second-order valence-corrected chi connectivity index (χ2v) is 13.0. The Labute approximate surface area is 282 Å². The lowest BCUT2D eigenvalue weighted by atomic mass is 9.89. The van der Waals surface area contributed by atoms with Gasteiger partial charge in [-0.15, -0.1) is 0 Å². The minimum Gasteiger partial charge on any atom is -0.453 e. The smallest absolute Gasteiger partial charge is 0.303 e. The monoisotopic (exact) mass is 658 g/mol. The first-order valence-corrected chi connectivity index (χ1v) is 16.9. The highest BCUT2D eigenvalue weighted by Gasteiger charge is 2.43. The Morgan fingerprint density at radius 1 is 0.938 bits per heavy atom. The SMILES string of the molecule is CC(=O)OC(C)C(=O)NCc1cccc(-c2ccc(C3OC(CN4CCC5(CC4)OCCO5)C(C)C(c4ccc(CO)cc4)O3)cc2)c1. The maximum Gasteiger partial charge on any atom is 0.303 e. The van der Waals surface area contributed by atoms with Crippen LogP contribution in [0.25, 0.3) is 11.1 Å². The molecular formula is C38H46N2O8. The molecule has 256 valence electrons. The number of likely N-dealkylation sites (tertiary alicyclic amines) is 1. The molecule has 1 spiro atoms. The number of carbonyl (C=O) groups excluding carboxylic acids is 2.